The summed E-state index contributed by atoms with van der Waals surface area (Å²) in [7, 11) is 0. The number of carboxylic acids is 1. The molecule has 6 nitrogen and oxygen atoms in total. The number of amides is 2. The Morgan fingerprint density at radius 2 is 1.83 bits per heavy atom. The fraction of sp³-hybridized carbons (Fsp3) is 0.500. The maximum atomic E-state index is 12.2. The van der Waals surface area contributed by atoms with E-state index in [4.69, 9.17) is 5.11 Å². The van der Waals surface area contributed by atoms with Crippen molar-refractivity contribution in [2.45, 2.75) is 51.5 Å². The summed E-state index contributed by atoms with van der Waals surface area (Å²) >= 11 is 0. The summed E-state index contributed by atoms with van der Waals surface area (Å²) < 4.78 is 0. The lowest BCUT2D eigenvalue weighted by Gasteiger charge is -2.18. The first-order valence-corrected chi connectivity index (χ1v) is 8.35. The lowest BCUT2D eigenvalue weighted by molar-refractivity contribution is -0.138. The van der Waals surface area contributed by atoms with Crippen LogP contribution in [0.25, 0.3) is 0 Å². The van der Waals surface area contributed by atoms with Gasteiger partial charge in [-0.05, 0) is 18.4 Å². The Balaban J connectivity index is 2.55. The predicted molar refractivity (Wildman–Crippen MR) is 91.5 cm³/mol. The van der Waals surface area contributed by atoms with Crippen LogP contribution < -0.4 is 10.6 Å². The maximum Gasteiger partial charge on any atom is 0.303 e. The third kappa shape index (κ3) is 8.31. The van der Waals surface area contributed by atoms with Gasteiger partial charge >= 0.3 is 5.97 Å². The van der Waals surface area contributed by atoms with E-state index in [0.717, 1.165) is 24.8 Å². The average molecular weight is 334 g/mol. The van der Waals surface area contributed by atoms with Gasteiger partial charge in [0.15, 0.2) is 0 Å². The zero-order valence-electron chi connectivity index (χ0n) is 14.1. The van der Waals surface area contributed by atoms with Crippen molar-refractivity contribution in [3.8, 4) is 0 Å². The number of hydrogen-bond acceptors (Lipinski definition) is 3. The summed E-state index contributed by atoms with van der Waals surface area (Å²) in [6, 6.07) is 8.38. The second-order valence-electron chi connectivity index (χ2n) is 5.71. The number of unbranched alkanes of at least 4 members (excludes halogenated alkanes) is 2. The Morgan fingerprint density at radius 3 is 2.46 bits per heavy atom. The lowest BCUT2D eigenvalue weighted by atomic mass is 10.1. The Kier molecular flexibility index (Phi) is 9.19. The first-order valence-electron chi connectivity index (χ1n) is 8.35. The molecule has 0 saturated carbocycles. The molecule has 1 atom stereocenters. The Morgan fingerprint density at radius 1 is 1.12 bits per heavy atom. The summed E-state index contributed by atoms with van der Waals surface area (Å²) in [6.45, 7) is 2.60. The molecular formula is C18H26N2O4. The summed E-state index contributed by atoms with van der Waals surface area (Å²) in [6.07, 6.45) is 3.00. The number of aliphatic carboxylic acids is 1. The molecule has 0 aliphatic carbocycles. The number of benzene rings is 1. The molecule has 1 aromatic rings. The zero-order chi connectivity index (χ0) is 17.8. The molecule has 0 aromatic heterocycles. The lowest BCUT2D eigenvalue weighted by Crippen LogP contribution is -2.47. The van der Waals surface area contributed by atoms with Gasteiger partial charge in [-0.2, -0.15) is 0 Å². The third-order valence-corrected chi connectivity index (χ3v) is 3.59. The minimum absolute atomic E-state index is 0.0788. The van der Waals surface area contributed by atoms with Crippen LogP contribution in [0.2, 0.25) is 0 Å². The van der Waals surface area contributed by atoms with Gasteiger partial charge in [-0.1, -0.05) is 50.1 Å². The van der Waals surface area contributed by atoms with Crippen LogP contribution in [0.1, 0.15) is 44.6 Å². The Hall–Kier alpha value is -2.37. The molecule has 2 amide bonds. The molecule has 24 heavy (non-hydrogen) atoms. The van der Waals surface area contributed by atoms with Crippen molar-refractivity contribution < 1.29 is 19.5 Å². The molecular weight excluding hydrogens is 308 g/mol. The van der Waals surface area contributed by atoms with Gasteiger partial charge < -0.3 is 15.7 Å². The summed E-state index contributed by atoms with van der Waals surface area (Å²) in [5, 5.41) is 14.2. The van der Waals surface area contributed by atoms with Crippen LogP contribution in [0.4, 0.5) is 0 Å². The average Bonchev–Trinajstić information content (AvgIpc) is 2.56. The zero-order valence-corrected chi connectivity index (χ0v) is 14.1. The largest absolute Gasteiger partial charge is 0.481 e. The normalized spacial score (nSPS) is 11.5. The minimum Gasteiger partial charge on any atom is -0.481 e. The second kappa shape index (κ2) is 11.2. The number of hydrogen-bond donors (Lipinski definition) is 3. The van der Waals surface area contributed by atoms with E-state index in [1.54, 1.807) is 0 Å². The summed E-state index contributed by atoms with van der Waals surface area (Å²) in [4.78, 5) is 35.1. The van der Waals surface area contributed by atoms with E-state index in [9.17, 15) is 14.4 Å². The van der Waals surface area contributed by atoms with Crippen molar-refractivity contribution in [3.05, 3.63) is 35.9 Å². The van der Waals surface area contributed by atoms with Crippen LogP contribution in [-0.2, 0) is 20.8 Å². The smallest absolute Gasteiger partial charge is 0.303 e. The molecule has 0 radical (unpaired) electrons. The quantitative estimate of drug-likeness (QED) is 0.539. The number of rotatable bonds is 11. The molecule has 1 rings (SSSR count). The maximum absolute atomic E-state index is 12.2. The molecule has 0 aliphatic heterocycles. The molecule has 1 aromatic carbocycles. The number of carboxylic acid groups (broad SMARTS) is 1. The van der Waals surface area contributed by atoms with Gasteiger partial charge in [-0.3, -0.25) is 14.4 Å². The van der Waals surface area contributed by atoms with Gasteiger partial charge in [0.2, 0.25) is 11.8 Å². The van der Waals surface area contributed by atoms with E-state index in [-0.39, 0.29) is 31.1 Å². The molecule has 3 N–H and O–H groups in total. The highest BCUT2D eigenvalue weighted by Crippen LogP contribution is 2.03. The topological polar surface area (TPSA) is 95.5 Å². The standard InChI is InChI=1S/C18H26N2O4/c1-2-3-7-12-19-18(24)15(10-11-17(22)23)20-16(21)13-14-8-5-4-6-9-14/h4-6,8-9,15H,2-3,7,10-13H2,1H3,(H,19,24)(H,20,21)(H,22,23)/t15-/m0/s1. The second-order valence-corrected chi connectivity index (χ2v) is 5.71. The Labute approximate surface area is 142 Å². The molecule has 6 heteroatoms. The highest BCUT2D eigenvalue weighted by atomic mass is 16.4. The number of carbonyl (C=O) groups excluding carboxylic acids is 2. The van der Waals surface area contributed by atoms with Gasteiger partial charge in [0.05, 0.1) is 6.42 Å². The van der Waals surface area contributed by atoms with Gasteiger partial charge in [-0.25, -0.2) is 0 Å². The van der Waals surface area contributed by atoms with Gasteiger partial charge in [-0.15, -0.1) is 0 Å². The van der Waals surface area contributed by atoms with Crippen LogP contribution in [0.15, 0.2) is 30.3 Å². The number of nitrogens with one attached hydrogen (secondary N) is 2. The molecule has 132 valence electrons. The molecule has 0 heterocycles. The van der Waals surface area contributed by atoms with Gasteiger partial charge in [0.1, 0.15) is 6.04 Å². The third-order valence-electron chi connectivity index (χ3n) is 3.59. The minimum atomic E-state index is -0.990. The summed E-state index contributed by atoms with van der Waals surface area (Å²) in [5.74, 6) is -1.61. The fourth-order valence-corrected chi connectivity index (χ4v) is 2.27. The van der Waals surface area contributed by atoms with E-state index in [2.05, 4.69) is 17.6 Å². The van der Waals surface area contributed by atoms with Crippen LogP contribution in [0.3, 0.4) is 0 Å². The first kappa shape index (κ1) is 19.7. The van der Waals surface area contributed by atoms with E-state index in [1.165, 1.54) is 0 Å². The van der Waals surface area contributed by atoms with Crippen LogP contribution in [0, 0.1) is 0 Å². The van der Waals surface area contributed by atoms with Crippen molar-refractivity contribution in [1.82, 2.24) is 10.6 Å². The number of carbonyl (C=O) groups is 3. The fourth-order valence-electron chi connectivity index (χ4n) is 2.27. The molecule has 0 fully saturated rings. The monoisotopic (exact) mass is 334 g/mol. The SMILES string of the molecule is CCCCCNC(=O)[C@H](CCC(=O)O)NC(=O)Cc1ccccc1. The van der Waals surface area contributed by atoms with E-state index in [0.29, 0.717) is 6.54 Å². The predicted octanol–water partition coefficient (Wildman–Crippen LogP) is 1.89. The first-order chi connectivity index (χ1) is 11.5. The van der Waals surface area contributed by atoms with E-state index in [1.807, 2.05) is 30.3 Å². The van der Waals surface area contributed by atoms with Gasteiger partial charge in [0, 0.05) is 13.0 Å². The van der Waals surface area contributed by atoms with Crippen LogP contribution >= 0.6 is 0 Å². The van der Waals surface area contributed by atoms with E-state index >= 15 is 0 Å². The summed E-state index contributed by atoms with van der Waals surface area (Å²) in [5.41, 5.74) is 0.843. The van der Waals surface area contributed by atoms with Crippen molar-refractivity contribution in [1.29, 1.82) is 0 Å². The van der Waals surface area contributed by atoms with Crippen molar-refractivity contribution >= 4 is 17.8 Å². The molecule has 0 aliphatic rings. The molecule has 0 saturated heterocycles. The highest BCUT2D eigenvalue weighted by molar-refractivity contribution is 5.88. The molecule has 0 unspecified atom stereocenters. The van der Waals surface area contributed by atoms with Crippen LogP contribution in [-0.4, -0.2) is 35.5 Å². The highest BCUT2D eigenvalue weighted by Gasteiger charge is 2.21. The van der Waals surface area contributed by atoms with Crippen LogP contribution in [0.5, 0.6) is 0 Å². The van der Waals surface area contributed by atoms with Crippen molar-refractivity contribution in [2.24, 2.45) is 0 Å². The van der Waals surface area contributed by atoms with Gasteiger partial charge in [0.25, 0.3) is 0 Å². The van der Waals surface area contributed by atoms with Crippen molar-refractivity contribution in [3.63, 3.8) is 0 Å². The molecule has 0 bridgehead atoms. The Bertz CT molecular complexity index is 531. The van der Waals surface area contributed by atoms with Crippen molar-refractivity contribution in [2.75, 3.05) is 6.54 Å². The molecule has 0 spiro atoms. The van der Waals surface area contributed by atoms with E-state index < -0.39 is 12.0 Å².